The highest BCUT2D eigenvalue weighted by Crippen LogP contribution is 2.12. The smallest absolute Gasteiger partial charge is 0.254 e. The third-order valence-electron chi connectivity index (χ3n) is 3.81. The number of carbonyl (C=O) groups is 1. The summed E-state index contributed by atoms with van der Waals surface area (Å²) in [7, 11) is -2.92. The van der Waals surface area contributed by atoms with Crippen LogP contribution >= 0.6 is 0 Å². The lowest BCUT2D eigenvalue weighted by atomic mass is 10.1. The Labute approximate surface area is 126 Å². The highest BCUT2D eigenvalue weighted by Gasteiger charge is 2.23. The molecule has 0 unspecified atom stereocenters. The van der Waals surface area contributed by atoms with E-state index in [0.29, 0.717) is 19.6 Å². The van der Waals surface area contributed by atoms with Gasteiger partial charge in [-0.05, 0) is 18.6 Å². The number of aryl methyl sites for hydroxylation is 1. The lowest BCUT2D eigenvalue weighted by molar-refractivity contribution is 0.0643. The Kier molecular flexibility index (Phi) is 5.00. The molecular formula is C15H22N2O3S. The molecule has 0 bridgehead atoms. The van der Waals surface area contributed by atoms with Gasteiger partial charge in [-0.1, -0.05) is 18.2 Å². The van der Waals surface area contributed by atoms with Crippen molar-refractivity contribution in [3.8, 4) is 0 Å². The van der Waals surface area contributed by atoms with E-state index in [1.807, 2.05) is 36.1 Å². The van der Waals surface area contributed by atoms with Crippen LogP contribution in [0.4, 0.5) is 0 Å². The second-order valence-corrected chi connectivity index (χ2v) is 7.84. The maximum absolute atomic E-state index is 12.5. The van der Waals surface area contributed by atoms with Gasteiger partial charge in [-0.25, -0.2) is 8.42 Å². The van der Waals surface area contributed by atoms with Crippen molar-refractivity contribution >= 4 is 15.7 Å². The Bertz CT molecular complexity index is 605. The number of hydrogen-bond acceptors (Lipinski definition) is 4. The number of rotatable bonds is 4. The molecule has 1 heterocycles. The van der Waals surface area contributed by atoms with Crippen LogP contribution in [-0.2, 0) is 9.84 Å². The monoisotopic (exact) mass is 310 g/mol. The first-order valence-corrected chi connectivity index (χ1v) is 9.18. The molecule has 2 rings (SSSR count). The van der Waals surface area contributed by atoms with Gasteiger partial charge in [-0.15, -0.1) is 0 Å². The van der Waals surface area contributed by atoms with Crippen LogP contribution in [0.1, 0.15) is 15.9 Å². The van der Waals surface area contributed by atoms with Gasteiger partial charge in [0.05, 0.1) is 5.75 Å². The van der Waals surface area contributed by atoms with Crippen molar-refractivity contribution in [2.45, 2.75) is 6.92 Å². The van der Waals surface area contributed by atoms with Gasteiger partial charge >= 0.3 is 0 Å². The average molecular weight is 310 g/mol. The quantitative estimate of drug-likeness (QED) is 0.825. The van der Waals surface area contributed by atoms with E-state index in [0.717, 1.165) is 24.2 Å². The summed E-state index contributed by atoms with van der Waals surface area (Å²) < 4.78 is 22.4. The molecule has 6 heteroatoms. The minimum atomic E-state index is -2.92. The van der Waals surface area contributed by atoms with Crippen molar-refractivity contribution in [3.63, 3.8) is 0 Å². The van der Waals surface area contributed by atoms with Gasteiger partial charge < -0.3 is 4.90 Å². The summed E-state index contributed by atoms with van der Waals surface area (Å²) in [5, 5.41) is 0. The molecule has 0 aliphatic carbocycles. The Balaban J connectivity index is 1.89. The van der Waals surface area contributed by atoms with Gasteiger partial charge in [-0.2, -0.15) is 0 Å². The van der Waals surface area contributed by atoms with Gasteiger partial charge in [0.25, 0.3) is 5.91 Å². The van der Waals surface area contributed by atoms with E-state index < -0.39 is 9.84 Å². The summed E-state index contributed by atoms with van der Waals surface area (Å²) in [6.07, 6.45) is 1.25. The second kappa shape index (κ2) is 6.58. The topological polar surface area (TPSA) is 57.7 Å². The first-order valence-electron chi connectivity index (χ1n) is 7.12. The van der Waals surface area contributed by atoms with Gasteiger partial charge in [0.1, 0.15) is 9.84 Å². The van der Waals surface area contributed by atoms with Crippen LogP contribution < -0.4 is 0 Å². The number of amides is 1. The summed E-state index contributed by atoms with van der Waals surface area (Å²) >= 11 is 0. The third-order valence-corrected chi connectivity index (χ3v) is 4.74. The number of hydrogen-bond donors (Lipinski definition) is 0. The molecule has 0 saturated carbocycles. The number of nitrogens with zero attached hydrogens (tertiary/aromatic N) is 2. The normalized spacial score (nSPS) is 17.0. The largest absolute Gasteiger partial charge is 0.336 e. The fraction of sp³-hybridized carbons (Fsp3) is 0.533. The second-order valence-electron chi connectivity index (χ2n) is 5.58. The van der Waals surface area contributed by atoms with Crippen LogP contribution in [-0.4, -0.2) is 68.9 Å². The van der Waals surface area contributed by atoms with Crippen molar-refractivity contribution < 1.29 is 13.2 Å². The molecule has 116 valence electrons. The Hall–Kier alpha value is -1.40. The number of sulfone groups is 1. The van der Waals surface area contributed by atoms with Crippen molar-refractivity contribution in [3.05, 3.63) is 35.4 Å². The van der Waals surface area contributed by atoms with E-state index in [-0.39, 0.29) is 11.7 Å². The first-order chi connectivity index (χ1) is 9.87. The molecule has 1 aromatic carbocycles. The minimum Gasteiger partial charge on any atom is -0.336 e. The lowest BCUT2D eigenvalue weighted by Crippen LogP contribution is -2.49. The highest BCUT2D eigenvalue weighted by molar-refractivity contribution is 7.90. The van der Waals surface area contributed by atoms with E-state index in [4.69, 9.17) is 0 Å². The molecule has 21 heavy (non-hydrogen) atoms. The van der Waals surface area contributed by atoms with Gasteiger partial charge in [0.15, 0.2) is 0 Å². The van der Waals surface area contributed by atoms with Crippen molar-refractivity contribution in [1.29, 1.82) is 0 Å². The van der Waals surface area contributed by atoms with Crippen LogP contribution in [0.25, 0.3) is 0 Å². The molecule has 0 atom stereocenters. The summed E-state index contributed by atoms with van der Waals surface area (Å²) in [6.45, 7) is 5.25. The van der Waals surface area contributed by atoms with Crippen LogP contribution in [0.2, 0.25) is 0 Å². The summed E-state index contributed by atoms with van der Waals surface area (Å²) in [6, 6.07) is 7.60. The van der Waals surface area contributed by atoms with Crippen LogP contribution in [0.3, 0.4) is 0 Å². The predicted molar refractivity (Wildman–Crippen MR) is 83.2 cm³/mol. The molecule has 0 N–H and O–H groups in total. The minimum absolute atomic E-state index is 0.0656. The molecule has 1 aromatic rings. The standard InChI is InChI=1S/C15H22N2O3S/c1-13-5-3-4-6-14(13)15(18)17-9-7-16(8-10-17)11-12-21(2,19)20/h3-6H,7-12H2,1-2H3. The molecule has 1 aliphatic rings. The Morgan fingerprint density at radius 2 is 1.76 bits per heavy atom. The van der Waals surface area contributed by atoms with E-state index in [1.165, 1.54) is 6.26 Å². The van der Waals surface area contributed by atoms with Gasteiger partial charge in [0.2, 0.25) is 0 Å². The van der Waals surface area contributed by atoms with E-state index in [9.17, 15) is 13.2 Å². The maximum atomic E-state index is 12.5. The van der Waals surface area contributed by atoms with Crippen LogP contribution in [0.15, 0.2) is 24.3 Å². The molecule has 0 radical (unpaired) electrons. The summed E-state index contributed by atoms with van der Waals surface area (Å²) in [5.74, 6) is 0.245. The highest BCUT2D eigenvalue weighted by atomic mass is 32.2. The fourth-order valence-corrected chi connectivity index (χ4v) is 3.04. The number of carbonyl (C=O) groups excluding carboxylic acids is 1. The number of piperazine rings is 1. The third kappa shape index (κ3) is 4.54. The average Bonchev–Trinajstić information content (AvgIpc) is 2.45. The van der Waals surface area contributed by atoms with Crippen molar-refractivity contribution in [2.24, 2.45) is 0 Å². The predicted octanol–water partition coefficient (Wildman–Crippen LogP) is 0.797. The summed E-state index contributed by atoms with van der Waals surface area (Å²) in [5.41, 5.74) is 1.74. The molecule has 0 spiro atoms. The molecular weight excluding hydrogens is 288 g/mol. The molecule has 1 amide bonds. The van der Waals surface area contributed by atoms with E-state index in [1.54, 1.807) is 0 Å². The zero-order chi connectivity index (χ0) is 15.5. The zero-order valence-corrected chi connectivity index (χ0v) is 13.4. The maximum Gasteiger partial charge on any atom is 0.254 e. The zero-order valence-electron chi connectivity index (χ0n) is 12.6. The molecule has 1 saturated heterocycles. The first kappa shape index (κ1) is 16.0. The van der Waals surface area contributed by atoms with Gasteiger partial charge in [-0.3, -0.25) is 9.69 Å². The lowest BCUT2D eigenvalue weighted by Gasteiger charge is -2.34. The SMILES string of the molecule is Cc1ccccc1C(=O)N1CCN(CCS(C)(=O)=O)CC1. The molecule has 0 aromatic heterocycles. The van der Waals surface area contributed by atoms with E-state index in [2.05, 4.69) is 4.90 Å². The molecule has 1 aliphatic heterocycles. The van der Waals surface area contributed by atoms with Crippen molar-refractivity contribution in [1.82, 2.24) is 9.80 Å². The van der Waals surface area contributed by atoms with Crippen LogP contribution in [0.5, 0.6) is 0 Å². The number of benzene rings is 1. The Morgan fingerprint density at radius 3 is 2.33 bits per heavy atom. The van der Waals surface area contributed by atoms with Crippen LogP contribution in [0, 0.1) is 6.92 Å². The van der Waals surface area contributed by atoms with E-state index >= 15 is 0 Å². The molecule has 1 fully saturated rings. The van der Waals surface area contributed by atoms with Gasteiger partial charge in [0, 0.05) is 44.5 Å². The molecule has 5 nitrogen and oxygen atoms in total. The summed E-state index contributed by atoms with van der Waals surface area (Å²) in [4.78, 5) is 16.4. The fourth-order valence-electron chi connectivity index (χ4n) is 2.45. The Morgan fingerprint density at radius 1 is 1.14 bits per heavy atom. The van der Waals surface area contributed by atoms with Crippen molar-refractivity contribution in [2.75, 3.05) is 44.7 Å².